The molecule has 0 spiro atoms. The van der Waals surface area contributed by atoms with Crippen LogP contribution in [0.5, 0.6) is 0 Å². The van der Waals surface area contributed by atoms with E-state index in [9.17, 15) is 27.2 Å². The van der Waals surface area contributed by atoms with Crippen LogP contribution in [0.1, 0.15) is 24.1 Å². The predicted octanol–water partition coefficient (Wildman–Crippen LogP) is 2.46. The van der Waals surface area contributed by atoms with E-state index in [-0.39, 0.29) is 29.3 Å². The second-order valence-corrected chi connectivity index (χ2v) is 5.43. The Morgan fingerprint density at radius 2 is 1.96 bits per heavy atom. The van der Waals surface area contributed by atoms with Gasteiger partial charge < -0.3 is 5.11 Å². The predicted molar refractivity (Wildman–Crippen MR) is 70.7 cm³/mol. The number of benzene rings is 1. The number of halogens is 4. The minimum absolute atomic E-state index is 0.0661. The van der Waals surface area contributed by atoms with E-state index in [1.807, 2.05) is 0 Å². The molecule has 1 N–H and O–H groups in total. The van der Waals surface area contributed by atoms with Crippen molar-refractivity contribution in [3.63, 3.8) is 0 Å². The number of hydrogen-bond acceptors (Lipinski definition) is 3. The van der Waals surface area contributed by atoms with Gasteiger partial charge >= 0.3 is 12.1 Å². The van der Waals surface area contributed by atoms with Crippen LogP contribution in [-0.4, -0.2) is 20.9 Å². The van der Waals surface area contributed by atoms with Crippen LogP contribution in [0.15, 0.2) is 23.0 Å². The number of fused-ring (bicyclic) bond motifs is 1. The minimum atomic E-state index is -4.64. The molecule has 23 heavy (non-hydrogen) atoms. The molecule has 0 atom stereocenters. The number of rotatable bonds is 3. The lowest BCUT2D eigenvalue weighted by atomic mass is 10.0. The highest BCUT2D eigenvalue weighted by Gasteiger charge is 2.48. The Hall–Kier alpha value is -2.45. The van der Waals surface area contributed by atoms with Crippen molar-refractivity contribution in [3.8, 4) is 0 Å². The summed E-state index contributed by atoms with van der Waals surface area (Å²) in [6, 6.07) is 2.32. The largest absolute Gasteiger partial charge is 0.480 e. The first kappa shape index (κ1) is 15.4. The smallest absolute Gasteiger partial charge is 0.416 e. The summed E-state index contributed by atoms with van der Waals surface area (Å²) in [5, 5.41) is 12.0. The third-order valence-corrected chi connectivity index (χ3v) is 3.69. The molecule has 5 nitrogen and oxygen atoms in total. The molecule has 1 heterocycles. The lowest BCUT2D eigenvalue weighted by Crippen LogP contribution is -2.29. The molecule has 0 bridgehead atoms. The number of carboxylic acid groups (broad SMARTS) is 1. The number of hydrogen-bond donors (Lipinski definition) is 1. The maximum atomic E-state index is 14.4. The lowest BCUT2D eigenvalue weighted by molar-refractivity contribution is -0.138. The number of aliphatic carboxylic acids is 1. The molecule has 1 aromatic heterocycles. The van der Waals surface area contributed by atoms with Crippen molar-refractivity contribution in [1.82, 2.24) is 9.78 Å². The molecule has 3 rings (SSSR count). The van der Waals surface area contributed by atoms with E-state index in [1.54, 1.807) is 0 Å². The molecule has 0 saturated heterocycles. The van der Waals surface area contributed by atoms with Crippen LogP contribution in [0.4, 0.5) is 17.6 Å². The summed E-state index contributed by atoms with van der Waals surface area (Å²) in [5.74, 6) is -1.36. The summed E-state index contributed by atoms with van der Waals surface area (Å²) in [6.45, 7) is -0.793. The zero-order chi connectivity index (χ0) is 17.0. The molecule has 1 aliphatic carbocycles. The van der Waals surface area contributed by atoms with Gasteiger partial charge in [-0.25, -0.2) is 9.07 Å². The van der Waals surface area contributed by atoms with Crippen molar-refractivity contribution in [2.45, 2.75) is 31.2 Å². The number of carboxylic acids is 1. The van der Waals surface area contributed by atoms with Crippen LogP contribution < -0.4 is 5.56 Å². The van der Waals surface area contributed by atoms with Gasteiger partial charge in [-0.05, 0) is 31.0 Å². The highest BCUT2D eigenvalue weighted by molar-refractivity contribution is 5.85. The van der Waals surface area contributed by atoms with E-state index in [2.05, 4.69) is 5.10 Å². The zero-order valence-corrected chi connectivity index (χ0v) is 11.5. The van der Waals surface area contributed by atoms with Crippen LogP contribution in [0.25, 0.3) is 10.8 Å². The molecule has 0 unspecified atom stereocenters. The van der Waals surface area contributed by atoms with Crippen LogP contribution in [0.3, 0.4) is 0 Å². The van der Waals surface area contributed by atoms with E-state index in [4.69, 9.17) is 5.11 Å². The average molecular weight is 330 g/mol. The molecule has 0 radical (unpaired) electrons. The van der Waals surface area contributed by atoms with Gasteiger partial charge in [0.05, 0.1) is 10.9 Å². The summed E-state index contributed by atoms with van der Waals surface area (Å²) in [5.41, 5.74) is -4.13. The summed E-state index contributed by atoms with van der Waals surface area (Å²) >= 11 is 0. The fourth-order valence-corrected chi connectivity index (χ4v) is 2.37. The normalized spacial score (nSPS) is 16.5. The van der Waals surface area contributed by atoms with Crippen LogP contribution in [0.2, 0.25) is 0 Å². The van der Waals surface area contributed by atoms with Crippen molar-refractivity contribution in [2.24, 2.45) is 0 Å². The van der Waals surface area contributed by atoms with Crippen molar-refractivity contribution in [2.75, 3.05) is 0 Å². The van der Waals surface area contributed by atoms with E-state index in [0.29, 0.717) is 16.8 Å². The van der Waals surface area contributed by atoms with Gasteiger partial charge in [0, 0.05) is 5.39 Å². The first-order valence-electron chi connectivity index (χ1n) is 6.65. The number of alkyl halides is 4. The van der Waals surface area contributed by atoms with E-state index in [0.717, 1.165) is 6.07 Å². The summed E-state index contributed by atoms with van der Waals surface area (Å²) in [6.07, 6.45) is -4.51. The Labute approximate surface area is 126 Å². The average Bonchev–Trinajstić information content (AvgIpc) is 3.19. The number of nitrogens with zero attached hydrogens (tertiary/aromatic N) is 2. The lowest BCUT2D eigenvalue weighted by Gasteiger charge is -2.14. The first-order valence-corrected chi connectivity index (χ1v) is 6.65. The number of carbonyl (C=O) groups is 1. The van der Waals surface area contributed by atoms with Gasteiger partial charge in [-0.15, -0.1) is 0 Å². The Morgan fingerprint density at radius 3 is 2.48 bits per heavy atom. The fourth-order valence-electron chi connectivity index (χ4n) is 2.37. The Balaban J connectivity index is 2.32. The van der Waals surface area contributed by atoms with Gasteiger partial charge in [0.15, 0.2) is 5.67 Å². The molecule has 1 aromatic carbocycles. The summed E-state index contributed by atoms with van der Waals surface area (Å²) in [7, 11) is 0. The van der Waals surface area contributed by atoms with Gasteiger partial charge in [0.1, 0.15) is 12.2 Å². The Morgan fingerprint density at radius 1 is 1.30 bits per heavy atom. The molecule has 1 fully saturated rings. The summed E-state index contributed by atoms with van der Waals surface area (Å²) in [4.78, 5) is 22.9. The second kappa shape index (κ2) is 4.77. The second-order valence-electron chi connectivity index (χ2n) is 5.43. The van der Waals surface area contributed by atoms with Crippen LogP contribution >= 0.6 is 0 Å². The van der Waals surface area contributed by atoms with Crippen LogP contribution in [-0.2, 0) is 23.2 Å². The number of aromatic nitrogens is 2. The molecule has 0 aliphatic heterocycles. The molecule has 0 amide bonds. The zero-order valence-electron chi connectivity index (χ0n) is 11.5. The first-order chi connectivity index (χ1) is 10.6. The molecule has 1 aliphatic rings. The third kappa shape index (κ3) is 2.66. The van der Waals surface area contributed by atoms with Gasteiger partial charge in [-0.1, -0.05) is 0 Å². The molecule has 9 heteroatoms. The Kier molecular flexibility index (Phi) is 3.20. The Bertz CT molecular complexity index is 869. The van der Waals surface area contributed by atoms with Crippen LogP contribution in [0, 0.1) is 0 Å². The quantitative estimate of drug-likeness (QED) is 0.878. The van der Waals surface area contributed by atoms with Crippen molar-refractivity contribution < 1.29 is 27.5 Å². The molecule has 122 valence electrons. The maximum Gasteiger partial charge on any atom is 0.416 e. The SMILES string of the molecule is O=C(O)Cn1nc(C2(F)CC2)c2cc(C(F)(F)F)ccc2c1=O. The third-order valence-electron chi connectivity index (χ3n) is 3.69. The molecule has 1 saturated carbocycles. The molecular weight excluding hydrogens is 320 g/mol. The monoisotopic (exact) mass is 330 g/mol. The van der Waals surface area contributed by atoms with Crippen molar-refractivity contribution in [3.05, 3.63) is 39.8 Å². The van der Waals surface area contributed by atoms with Crippen molar-refractivity contribution >= 4 is 16.7 Å². The van der Waals surface area contributed by atoms with Gasteiger partial charge in [-0.2, -0.15) is 18.3 Å². The fraction of sp³-hybridized carbons (Fsp3) is 0.357. The van der Waals surface area contributed by atoms with Gasteiger partial charge in [0.2, 0.25) is 0 Å². The highest BCUT2D eigenvalue weighted by atomic mass is 19.4. The molecular formula is C14H10F4N2O3. The van der Waals surface area contributed by atoms with Gasteiger partial charge in [0.25, 0.3) is 5.56 Å². The van der Waals surface area contributed by atoms with Gasteiger partial charge in [-0.3, -0.25) is 9.59 Å². The maximum absolute atomic E-state index is 14.4. The molecule has 2 aromatic rings. The summed E-state index contributed by atoms with van der Waals surface area (Å²) < 4.78 is 53.5. The minimum Gasteiger partial charge on any atom is -0.480 e. The van der Waals surface area contributed by atoms with E-state index >= 15 is 0 Å². The van der Waals surface area contributed by atoms with E-state index in [1.165, 1.54) is 0 Å². The topological polar surface area (TPSA) is 72.2 Å². The highest BCUT2D eigenvalue weighted by Crippen LogP contribution is 2.50. The van der Waals surface area contributed by atoms with E-state index < -0.39 is 35.5 Å². The standard InChI is InChI=1S/C14H10F4N2O3/c15-13(3-4-13)11-9-5-7(14(16,17)18)1-2-8(9)12(23)20(19-11)6-10(21)22/h1-2,5H,3-4,6H2,(H,21,22). The van der Waals surface area contributed by atoms with Crippen molar-refractivity contribution in [1.29, 1.82) is 0 Å².